The molecule has 0 aliphatic carbocycles. The normalized spacial score (nSPS) is 19.3. The number of hydrogen-bond acceptors (Lipinski definition) is 3. The average Bonchev–Trinajstić information content (AvgIpc) is 2.83. The van der Waals surface area contributed by atoms with Gasteiger partial charge in [-0.25, -0.2) is 4.79 Å². The molecule has 0 bridgehead atoms. The van der Waals surface area contributed by atoms with Crippen molar-refractivity contribution >= 4 is 11.6 Å². The van der Waals surface area contributed by atoms with Gasteiger partial charge in [0, 0.05) is 19.1 Å². The lowest BCUT2D eigenvalue weighted by atomic mass is 10.1. The van der Waals surface area contributed by atoms with Crippen LogP contribution >= 0.6 is 11.6 Å². The maximum Gasteiger partial charge on any atom is 0.329 e. The molecule has 100 valence electrons. The zero-order valence-electron chi connectivity index (χ0n) is 10.4. The van der Waals surface area contributed by atoms with Crippen LogP contribution in [0.5, 0.6) is 0 Å². The topological polar surface area (TPSA) is 64.1 Å². The number of H-pyrrole nitrogens is 1. The highest BCUT2D eigenvalue weighted by molar-refractivity contribution is 6.30. The van der Waals surface area contributed by atoms with E-state index in [0.717, 1.165) is 12.8 Å². The molecule has 6 heteroatoms. The summed E-state index contributed by atoms with van der Waals surface area (Å²) >= 11 is 5.91. The molecule has 1 aromatic rings. The van der Waals surface area contributed by atoms with E-state index in [0.29, 0.717) is 31.7 Å². The van der Waals surface area contributed by atoms with Crippen LogP contribution in [0.2, 0.25) is 5.15 Å². The van der Waals surface area contributed by atoms with Gasteiger partial charge >= 0.3 is 5.69 Å². The van der Waals surface area contributed by atoms with Crippen LogP contribution in [0.15, 0.2) is 9.59 Å². The molecule has 1 atom stereocenters. The lowest BCUT2D eigenvalue weighted by Gasteiger charge is -2.11. The molecular weight excluding hydrogens is 256 g/mol. The first-order valence-corrected chi connectivity index (χ1v) is 6.60. The van der Waals surface area contributed by atoms with Crippen molar-refractivity contribution in [2.24, 2.45) is 5.92 Å². The average molecular weight is 273 g/mol. The number of rotatable bonds is 4. The Morgan fingerprint density at radius 1 is 1.50 bits per heavy atom. The standard InChI is InChI=1S/C12H17ClN2O3/c1-2-3-9-10(13)14-12(17)15(11(9)16)6-8-4-5-18-7-8/h8H,2-7H2,1H3,(H,14,17). The summed E-state index contributed by atoms with van der Waals surface area (Å²) in [5, 5.41) is 0.172. The fourth-order valence-electron chi connectivity index (χ4n) is 2.20. The first kappa shape index (κ1) is 13.4. The summed E-state index contributed by atoms with van der Waals surface area (Å²) in [4.78, 5) is 26.5. The monoisotopic (exact) mass is 272 g/mol. The molecule has 0 radical (unpaired) electrons. The van der Waals surface area contributed by atoms with Gasteiger partial charge in [-0.2, -0.15) is 0 Å². The minimum atomic E-state index is -0.434. The first-order valence-electron chi connectivity index (χ1n) is 6.22. The Kier molecular flexibility index (Phi) is 4.24. The fourth-order valence-corrected chi connectivity index (χ4v) is 2.46. The molecule has 2 rings (SSSR count). The second-order valence-corrected chi connectivity index (χ2v) is 5.00. The fraction of sp³-hybridized carbons (Fsp3) is 0.667. The molecule has 1 saturated heterocycles. The van der Waals surface area contributed by atoms with Gasteiger partial charge in [0.15, 0.2) is 0 Å². The van der Waals surface area contributed by atoms with Gasteiger partial charge in [0.25, 0.3) is 5.56 Å². The van der Waals surface area contributed by atoms with E-state index in [1.54, 1.807) is 0 Å². The van der Waals surface area contributed by atoms with E-state index >= 15 is 0 Å². The molecule has 0 aromatic carbocycles. The lowest BCUT2D eigenvalue weighted by Crippen LogP contribution is -2.39. The lowest BCUT2D eigenvalue weighted by molar-refractivity contribution is 0.182. The largest absolute Gasteiger partial charge is 0.381 e. The van der Waals surface area contributed by atoms with Gasteiger partial charge in [-0.3, -0.25) is 14.3 Å². The van der Waals surface area contributed by atoms with Crippen molar-refractivity contribution in [3.8, 4) is 0 Å². The number of nitrogens with zero attached hydrogens (tertiary/aromatic N) is 1. The molecule has 1 aliphatic rings. The molecule has 1 fully saturated rings. The number of nitrogens with one attached hydrogen (secondary N) is 1. The Balaban J connectivity index is 2.36. The van der Waals surface area contributed by atoms with E-state index in [-0.39, 0.29) is 16.6 Å². The molecule has 1 unspecified atom stereocenters. The summed E-state index contributed by atoms with van der Waals surface area (Å²) in [5.41, 5.74) is -0.202. The summed E-state index contributed by atoms with van der Waals surface area (Å²) in [7, 11) is 0. The molecule has 1 aromatic heterocycles. The molecule has 0 spiro atoms. The zero-order valence-corrected chi connectivity index (χ0v) is 11.1. The van der Waals surface area contributed by atoms with Crippen molar-refractivity contribution in [1.29, 1.82) is 0 Å². The highest BCUT2D eigenvalue weighted by atomic mass is 35.5. The Bertz CT molecular complexity index is 529. The molecule has 18 heavy (non-hydrogen) atoms. The van der Waals surface area contributed by atoms with E-state index in [1.807, 2.05) is 6.92 Å². The van der Waals surface area contributed by atoms with E-state index < -0.39 is 5.69 Å². The van der Waals surface area contributed by atoms with Crippen LogP contribution in [0.3, 0.4) is 0 Å². The molecule has 2 heterocycles. The minimum Gasteiger partial charge on any atom is -0.381 e. The number of aromatic amines is 1. The summed E-state index contributed by atoms with van der Waals surface area (Å²) in [6.45, 7) is 3.68. The Labute approximate surface area is 110 Å². The van der Waals surface area contributed by atoms with E-state index in [4.69, 9.17) is 16.3 Å². The van der Waals surface area contributed by atoms with Crippen molar-refractivity contribution in [2.75, 3.05) is 13.2 Å². The Morgan fingerprint density at radius 3 is 2.89 bits per heavy atom. The van der Waals surface area contributed by atoms with E-state index in [1.165, 1.54) is 4.57 Å². The molecule has 1 N–H and O–H groups in total. The molecule has 1 aliphatic heterocycles. The van der Waals surface area contributed by atoms with Crippen molar-refractivity contribution < 1.29 is 4.74 Å². The SMILES string of the molecule is CCCc1c(Cl)[nH]c(=O)n(CC2CCOC2)c1=O. The summed E-state index contributed by atoms with van der Waals surface area (Å²) in [6, 6.07) is 0. The second kappa shape index (κ2) is 5.71. The van der Waals surface area contributed by atoms with Crippen LogP contribution in [0, 0.1) is 5.92 Å². The van der Waals surface area contributed by atoms with Crippen molar-refractivity contribution in [3.63, 3.8) is 0 Å². The van der Waals surface area contributed by atoms with Gasteiger partial charge in [-0.05, 0) is 12.8 Å². The van der Waals surface area contributed by atoms with E-state index in [2.05, 4.69) is 4.98 Å². The van der Waals surface area contributed by atoms with Gasteiger partial charge in [0.1, 0.15) is 5.15 Å². The molecule has 0 amide bonds. The highest BCUT2D eigenvalue weighted by Crippen LogP contribution is 2.14. The quantitative estimate of drug-likeness (QED) is 0.837. The van der Waals surface area contributed by atoms with Crippen molar-refractivity contribution in [2.45, 2.75) is 32.7 Å². The molecule has 5 nitrogen and oxygen atoms in total. The third kappa shape index (κ3) is 2.67. The smallest absolute Gasteiger partial charge is 0.329 e. The van der Waals surface area contributed by atoms with Crippen molar-refractivity contribution in [3.05, 3.63) is 31.6 Å². The van der Waals surface area contributed by atoms with Gasteiger partial charge < -0.3 is 4.74 Å². The highest BCUT2D eigenvalue weighted by Gasteiger charge is 2.19. The molecular formula is C12H17ClN2O3. The number of ether oxygens (including phenoxy) is 1. The third-order valence-electron chi connectivity index (χ3n) is 3.19. The predicted octanol–water partition coefficient (Wildman–Crippen LogP) is 1.18. The van der Waals surface area contributed by atoms with Gasteiger partial charge in [-0.15, -0.1) is 0 Å². The van der Waals surface area contributed by atoms with Gasteiger partial charge in [-0.1, -0.05) is 24.9 Å². The van der Waals surface area contributed by atoms with Crippen molar-refractivity contribution in [1.82, 2.24) is 9.55 Å². The van der Waals surface area contributed by atoms with E-state index in [9.17, 15) is 9.59 Å². The summed E-state index contributed by atoms with van der Waals surface area (Å²) in [6.07, 6.45) is 2.28. The maximum absolute atomic E-state index is 12.2. The summed E-state index contributed by atoms with van der Waals surface area (Å²) < 4.78 is 6.50. The van der Waals surface area contributed by atoms with Crippen LogP contribution in [0.25, 0.3) is 0 Å². The number of aromatic nitrogens is 2. The van der Waals surface area contributed by atoms with Crippen LogP contribution in [0.1, 0.15) is 25.3 Å². The first-order chi connectivity index (χ1) is 8.63. The third-order valence-corrected chi connectivity index (χ3v) is 3.52. The molecule has 0 saturated carbocycles. The summed E-state index contributed by atoms with van der Waals surface area (Å²) in [5.74, 6) is 0.236. The number of halogens is 1. The Morgan fingerprint density at radius 2 is 2.28 bits per heavy atom. The zero-order chi connectivity index (χ0) is 13.1. The van der Waals surface area contributed by atoms with Crippen LogP contribution in [-0.4, -0.2) is 22.8 Å². The predicted molar refractivity (Wildman–Crippen MR) is 69.3 cm³/mol. The number of hydrogen-bond donors (Lipinski definition) is 1. The van der Waals surface area contributed by atoms with Gasteiger partial charge in [0.05, 0.1) is 12.2 Å². The second-order valence-electron chi connectivity index (χ2n) is 4.62. The maximum atomic E-state index is 12.2. The Hall–Kier alpha value is -1.07. The van der Waals surface area contributed by atoms with Crippen LogP contribution in [0.4, 0.5) is 0 Å². The minimum absolute atomic E-state index is 0.172. The van der Waals surface area contributed by atoms with Crippen LogP contribution < -0.4 is 11.2 Å². The van der Waals surface area contributed by atoms with Gasteiger partial charge in [0.2, 0.25) is 0 Å². The van der Waals surface area contributed by atoms with Crippen LogP contribution in [-0.2, 0) is 17.7 Å².